The molecule has 0 radical (unpaired) electrons. The van der Waals surface area contributed by atoms with Crippen LogP contribution in [0.5, 0.6) is 0 Å². The molecule has 2 aromatic rings. The molecule has 2 heterocycles. The summed E-state index contributed by atoms with van der Waals surface area (Å²) in [4.78, 5) is 15.4. The van der Waals surface area contributed by atoms with Crippen LogP contribution in [0.1, 0.15) is 43.7 Å². The van der Waals surface area contributed by atoms with E-state index in [1.807, 2.05) is 38.1 Å². The number of anilines is 1. The summed E-state index contributed by atoms with van der Waals surface area (Å²) in [6.07, 6.45) is 2.09. The molecule has 0 aliphatic carbocycles. The Morgan fingerprint density at radius 1 is 1.20 bits per heavy atom. The molecule has 7 nitrogen and oxygen atoms in total. The van der Waals surface area contributed by atoms with Gasteiger partial charge in [-0.1, -0.05) is 49.2 Å². The Hall–Kier alpha value is -2.71. The second kappa shape index (κ2) is 7.85. The highest BCUT2D eigenvalue weighted by molar-refractivity contribution is 7.89. The third kappa shape index (κ3) is 3.73. The van der Waals surface area contributed by atoms with Crippen LogP contribution in [-0.4, -0.2) is 26.1 Å². The zero-order valence-corrected chi connectivity index (χ0v) is 17.8. The van der Waals surface area contributed by atoms with Crippen molar-refractivity contribution < 1.29 is 17.9 Å². The molecule has 2 aliphatic heterocycles. The van der Waals surface area contributed by atoms with Crippen molar-refractivity contribution in [3.05, 3.63) is 59.7 Å². The molecule has 1 saturated heterocycles. The van der Waals surface area contributed by atoms with E-state index < -0.39 is 15.6 Å². The van der Waals surface area contributed by atoms with Gasteiger partial charge < -0.3 is 10.1 Å². The number of hydrazone groups is 1. The van der Waals surface area contributed by atoms with E-state index in [0.717, 1.165) is 29.7 Å². The second-order valence-electron chi connectivity index (χ2n) is 7.82. The van der Waals surface area contributed by atoms with E-state index in [2.05, 4.69) is 15.2 Å². The van der Waals surface area contributed by atoms with E-state index in [1.54, 1.807) is 24.3 Å². The number of hydrogen-bond acceptors (Lipinski definition) is 5. The van der Waals surface area contributed by atoms with Crippen LogP contribution >= 0.6 is 0 Å². The smallest absolute Gasteiger partial charge is 0.276 e. The number of nitrogens with one attached hydrogen (secondary N) is 2. The number of nitrogens with zero attached hydrogens (tertiary/aromatic N) is 1. The van der Waals surface area contributed by atoms with Crippen LogP contribution < -0.4 is 10.1 Å². The molecule has 2 aromatic carbocycles. The first-order valence-corrected chi connectivity index (χ1v) is 11.5. The molecule has 2 N–H and O–H groups in total. The molecule has 0 aromatic heterocycles. The Morgan fingerprint density at radius 2 is 1.93 bits per heavy atom. The number of ether oxygens (including phenoxy) is 1. The maximum atomic E-state index is 12.9. The van der Waals surface area contributed by atoms with Gasteiger partial charge in [0.1, 0.15) is 0 Å². The average Bonchev–Trinajstić information content (AvgIpc) is 2.98. The van der Waals surface area contributed by atoms with Crippen LogP contribution in [0.3, 0.4) is 0 Å². The number of hydrogen-bond donors (Lipinski definition) is 2. The topological polar surface area (TPSA) is 96.9 Å². The molecule has 0 bridgehead atoms. The first-order valence-electron chi connectivity index (χ1n) is 10.1. The third-order valence-electron chi connectivity index (χ3n) is 5.53. The van der Waals surface area contributed by atoms with E-state index in [9.17, 15) is 13.2 Å². The van der Waals surface area contributed by atoms with Gasteiger partial charge in [0.05, 0.1) is 11.0 Å². The molecule has 8 heteroatoms. The first-order chi connectivity index (χ1) is 14.3. The van der Waals surface area contributed by atoms with Gasteiger partial charge in [0.25, 0.3) is 15.9 Å². The second-order valence-corrected chi connectivity index (χ2v) is 9.48. The van der Waals surface area contributed by atoms with Gasteiger partial charge in [-0.15, -0.1) is 0 Å². The summed E-state index contributed by atoms with van der Waals surface area (Å²) in [6, 6.07) is 14.0. The van der Waals surface area contributed by atoms with Crippen LogP contribution in [0.15, 0.2) is 58.5 Å². The summed E-state index contributed by atoms with van der Waals surface area (Å²) in [6.45, 7) is 3.94. The Labute approximate surface area is 176 Å². The van der Waals surface area contributed by atoms with Gasteiger partial charge >= 0.3 is 0 Å². The van der Waals surface area contributed by atoms with E-state index in [-0.39, 0.29) is 23.3 Å². The number of rotatable bonds is 5. The Balaban J connectivity index is 1.65. The average molecular weight is 428 g/mol. The zero-order valence-electron chi connectivity index (χ0n) is 17.0. The van der Waals surface area contributed by atoms with Crippen LogP contribution in [0, 0.1) is 6.92 Å². The summed E-state index contributed by atoms with van der Waals surface area (Å²) >= 11 is 0. The molecule has 1 amide bonds. The van der Waals surface area contributed by atoms with Gasteiger partial charge in [0.15, 0.2) is 5.60 Å². The van der Waals surface area contributed by atoms with Gasteiger partial charge in [-0.25, -0.2) is 4.83 Å². The Morgan fingerprint density at radius 3 is 2.67 bits per heavy atom. The predicted octanol–water partition coefficient (Wildman–Crippen LogP) is 3.46. The molecule has 1 fully saturated rings. The molecule has 30 heavy (non-hydrogen) atoms. The van der Waals surface area contributed by atoms with Crippen molar-refractivity contribution in [3.8, 4) is 0 Å². The van der Waals surface area contributed by atoms with Gasteiger partial charge in [0.2, 0.25) is 0 Å². The van der Waals surface area contributed by atoms with E-state index in [0.29, 0.717) is 12.1 Å². The number of para-hydroxylation sites is 1. The summed E-state index contributed by atoms with van der Waals surface area (Å²) in [5.74, 6) is -0.237. The van der Waals surface area contributed by atoms with Crippen LogP contribution in [0.25, 0.3) is 0 Å². The molecule has 158 valence electrons. The Bertz CT molecular complexity index is 1100. The number of aryl methyl sites for hydroxylation is 1. The van der Waals surface area contributed by atoms with E-state index in [4.69, 9.17) is 4.74 Å². The number of benzene rings is 2. The Kier molecular flexibility index (Phi) is 5.38. The van der Waals surface area contributed by atoms with E-state index in [1.165, 1.54) is 0 Å². The predicted molar refractivity (Wildman–Crippen MR) is 115 cm³/mol. The van der Waals surface area contributed by atoms with Crippen LogP contribution in [-0.2, 0) is 25.2 Å². The van der Waals surface area contributed by atoms with Crippen LogP contribution in [0.4, 0.5) is 5.69 Å². The molecule has 0 saturated carbocycles. The van der Waals surface area contributed by atoms with Crippen molar-refractivity contribution in [2.75, 3.05) is 5.32 Å². The quantitative estimate of drug-likeness (QED) is 0.714. The maximum Gasteiger partial charge on any atom is 0.276 e. The maximum absolute atomic E-state index is 12.9. The van der Waals surface area contributed by atoms with Crippen molar-refractivity contribution in [1.82, 2.24) is 4.83 Å². The fraction of sp³-hybridized carbons (Fsp3) is 0.364. The lowest BCUT2D eigenvalue weighted by Gasteiger charge is -2.37. The minimum absolute atomic E-state index is 0.147. The SMILES string of the molecule is CCC[C@H]1CC(=NNS(=O)(=O)c2ccc(C)cc2)C[C@@]2(O1)C(=O)Nc1ccccc12. The highest BCUT2D eigenvalue weighted by atomic mass is 32.2. The fourth-order valence-electron chi connectivity index (χ4n) is 4.04. The number of sulfonamides is 1. The van der Waals surface area contributed by atoms with Gasteiger partial charge in [0, 0.05) is 29.8 Å². The lowest BCUT2D eigenvalue weighted by Crippen LogP contribution is -2.47. The standard InChI is InChI=1S/C22H25N3O4S/c1-3-6-17-13-16(24-25-30(27,28)18-11-9-15(2)10-12-18)14-22(29-17)19-7-4-5-8-20(19)23-21(22)26/h4-5,7-12,17,25H,3,6,13-14H2,1-2H3,(H,23,26)/t17-,22-/m0/s1. The number of carbonyl (C=O) groups excluding carboxylic acids is 1. The normalized spacial score (nSPS) is 24.7. The number of amides is 1. The fourth-order valence-corrected chi connectivity index (χ4v) is 4.88. The van der Waals surface area contributed by atoms with Crippen molar-refractivity contribution in [2.45, 2.75) is 56.1 Å². The first kappa shape index (κ1) is 20.6. The summed E-state index contributed by atoms with van der Waals surface area (Å²) in [5.41, 5.74) is 1.88. The molecular weight excluding hydrogens is 402 g/mol. The molecule has 0 unspecified atom stereocenters. The third-order valence-corrected chi connectivity index (χ3v) is 6.75. The minimum Gasteiger partial charge on any atom is -0.356 e. The highest BCUT2D eigenvalue weighted by Crippen LogP contribution is 2.45. The summed E-state index contributed by atoms with van der Waals surface area (Å²) in [5, 5.41) is 7.12. The van der Waals surface area contributed by atoms with Gasteiger partial charge in [-0.2, -0.15) is 13.5 Å². The van der Waals surface area contributed by atoms with Crippen molar-refractivity contribution in [1.29, 1.82) is 0 Å². The summed E-state index contributed by atoms with van der Waals surface area (Å²) in [7, 11) is -3.79. The van der Waals surface area contributed by atoms with E-state index >= 15 is 0 Å². The minimum atomic E-state index is -3.79. The number of carbonyl (C=O) groups is 1. The molecule has 2 aliphatic rings. The molecule has 1 spiro atoms. The molecular formula is C22H25N3O4S. The highest BCUT2D eigenvalue weighted by Gasteiger charge is 2.52. The molecule has 4 rings (SSSR count). The number of fused-ring (bicyclic) bond motifs is 2. The van der Waals surface area contributed by atoms with Crippen molar-refractivity contribution >= 4 is 27.3 Å². The van der Waals surface area contributed by atoms with Crippen LogP contribution in [0.2, 0.25) is 0 Å². The van der Waals surface area contributed by atoms with Gasteiger partial charge in [-0.05, 0) is 31.5 Å². The zero-order chi connectivity index (χ0) is 21.4. The lowest BCUT2D eigenvalue weighted by atomic mass is 9.84. The molecule has 2 atom stereocenters. The largest absolute Gasteiger partial charge is 0.356 e. The summed E-state index contributed by atoms with van der Waals surface area (Å²) < 4.78 is 31.6. The van der Waals surface area contributed by atoms with Crippen molar-refractivity contribution in [3.63, 3.8) is 0 Å². The van der Waals surface area contributed by atoms with Gasteiger partial charge in [-0.3, -0.25) is 4.79 Å². The monoisotopic (exact) mass is 427 g/mol. The van der Waals surface area contributed by atoms with Crippen molar-refractivity contribution in [2.24, 2.45) is 5.10 Å². The lowest BCUT2D eigenvalue weighted by molar-refractivity contribution is -0.153.